The molecule has 0 aliphatic carbocycles. The minimum atomic E-state index is -1.88. The second-order valence-corrected chi connectivity index (χ2v) is 5.14. The molecule has 0 saturated carbocycles. The van der Waals surface area contributed by atoms with Crippen LogP contribution in [0.25, 0.3) is 0 Å². The predicted molar refractivity (Wildman–Crippen MR) is 27.6 cm³/mol. The van der Waals surface area contributed by atoms with Gasteiger partial charge in [-0.25, -0.2) is 0 Å². The zero-order valence-corrected chi connectivity index (χ0v) is 5.41. The maximum atomic E-state index is 7.10. The van der Waals surface area contributed by atoms with Crippen LogP contribution in [0.15, 0.2) is 0 Å². The van der Waals surface area contributed by atoms with Gasteiger partial charge in [-0.3, -0.25) is 5.40 Å². The number of hydrogen-bond acceptors (Lipinski definition) is 1. The largest absolute Gasteiger partial charge is 0.406 e. The molecule has 0 aromatic heterocycles. The van der Waals surface area contributed by atoms with Crippen molar-refractivity contribution in [3.63, 3.8) is 0 Å². The molecule has 37 valence electrons. The average molecular weight is 104 g/mol. The summed E-state index contributed by atoms with van der Waals surface area (Å²) in [6.45, 7) is 3.65. The van der Waals surface area contributed by atoms with E-state index in [0.29, 0.717) is 0 Å². The molecular formula is C3H10NOSi. The number of nitrogens with one attached hydrogen (secondary N) is 1. The van der Waals surface area contributed by atoms with E-state index >= 15 is 0 Å². The van der Waals surface area contributed by atoms with Crippen molar-refractivity contribution >= 4 is 8.48 Å². The van der Waals surface area contributed by atoms with Crippen molar-refractivity contribution in [3.8, 4) is 0 Å². The van der Waals surface area contributed by atoms with Crippen molar-refractivity contribution in [2.24, 2.45) is 0 Å². The van der Waals surface area contributed by atoms with Gasteiger partial charge in [0.25, 0.3) is 8.48 Å². The van der Waals surface area contributed by atoms with Crippen LogP contribution in [-0.4, -0.2) is 15.6 Å². The molecule has 6 heavy (non-hydrogen) atoms. The first-order valence-corrected chi connectivity index (χ1v) is 4.77. The lowest BCUT2D eigenvalue weighted by molar-refractivity contribution is 0.404. The third kappa shape index (κ3) is 4.14. The highest BCUT2D eigenvalue weighted by Crippen LogP contribution is 1.90. The van der Waals surface area contributed by atoms with Crippen LogP contribution in [0, 0.1) is 0 Å². The Kier molecular flexibility index (Phi) is 1.77. The molecule has 0 fully saturated rings. The first-order chi connectivity index (χ1) is 2.56. The van der Waals surface area contributed by atoms with Gasteiger partial charge in [-0.05, 0) is 13.1 Å². The van der Waals surface area contributed by atoms with E-state index < -0.39 is 8.48 Å². The van der Waals surface area contributed by atoms with Gasteiger partial charge in [0.15, 0.2) is 0 Å². The van der Waals surface area contributed by atoms with E-state index in [9.17, 15) is 0 Å². The van der Waals surface area contributed by atoms with Gasteiger partial charge in [0.1, 0.15) is 0 Å². The van der Waals surface area contributed by atoms with Gasteiger partial charge in [-0.2, -0.15) is 0 Å². The Morgan fingerprint density at radius 1 is 1.50 bits per heavy atom. The Balaban J connectivity index is 3.17. The van der Waals surface area contributed by atoms with Gasteiger partial charge in [0.05, 0.1) is 0 Å². The molecule has 0 amide bonds. The summed E-state index contributed by atoms with van der Waals surface area (Å²) in [6, 6.07) is 0. The van der Waals surface area contributed by atoms with Crippen molar-refractivity contribution in [2.45, 2.75) is 13.1 Å². The van der Waals surface area contributed by atoms with E-state index in [1.165, 1.54) is 0 Å². The Morgan fingerprint density at radius 3 is 1.67 bits per heavy atom. The molecule has 0 saturated heterocycles. The van der Waals surface area contributed by atoms with Crippen LogP contribution < -0.4 is 5.40 Å². The van der Waals surface area contributed by atoms with E-state index in [1.807, 2.05) is 13.1 Å². The van der Waals surface area contributed by atoms with E-state index in [-0.39, 0.29) is 0 Å². The van der Waals surface area contributed by atoms with E-state index in [0.717, 1.165) is 0 Å². The van der Waals surface area contributed by atoms with E-state index in [4.69, 9.17) is 9.83 Å². The molecule has 0 spiro atoms. The SMILES string of the molecule is CO[Si](C)(C)[NH]. The fourth-order valence-electron chi connectivity index (χ4n) is 0. The third-order valence-electron chi connectivity index (χ3n) is 0.510. The Hall–Kier alpha value is 0.137. The predicted octanol–water partition coefficient (Wildman–Crippen LogP) is 0.617. The quantitative estimate of drug-likeness (QED) is 0.449. The normalized spacial score (nSPS) is 12.0. The first-order valence-electron chi connectivity index (χ1n) is 1.86. The lowest BCUT2D eigenvalue weighted by Crippen LogP contribution is -2.30. The van der Waals surface area contributed by atoms with Crippen LogP contribution in [0.3, 0.4) is 0 Å². The molecule has 0 rings (SSSR count). The molecule has 3 heteroatoms. The second-order valence-electron chi connectivity index (χ2n) is 1.71. The molecule has 0 aliphatic heterocycles. The summed E-state index contributed by atoms with van der Waals surface area (Å²) in [4.78, 5) is 0. The molecule has 2 nitrogen and oxygen atoms in total. The Labute approximate surface area is 39.5 Å². The van der Waals surface area contributed by atoms with E-state index in [1.54, 1.807) is 7.11 Å². The minimum Gasteiger partial charge on any atom is -0.406 e. The zero-order valence-electron chi connectivity index (χ0n) is 4.41. The highest BCUT2D eigenvalue weighted by molar-refractivity contribution is 6.67. The van der Waals surface area contributed by atoms with Crippen molar-refractivity contribution in [1.82, 2.24) is 5.40 Å². The Morgan fingerprint density at radius 2 is 1.67 bits per heavy atom. The highest BCUT2D eigenvalue weighted by atomic mass is 28.4. The molecule has 0 atom stereocenters. The van der Waals surface area contributed by atoms with Crippen molar-refractivity contribution < 1.29 is 4.43 Å². The van der Waals surface area contributed by atoms with Crippen LogP contribution in [0.4, 0.5) is 0 Å². The lowest BCUT2D eigenvalue weighted by atomic mass is 11.8. The summed E-state index contributed by atoms with van der Waals surface area (Å²) in [6.07, 6.45) is 0. The summed E-state index contributed by atoms with van der Waals surface area (Å²) in [5.41, 5.74) is 0. The molecule has 0 aromatic rings. The summed E-state index contributed by atoms with van der Waals surface area (Å²) in [5.74, 6) is 0. The fraction of sp³-hybridized carbons (Fsp3) is 1.00. The maximum Gasteiger partial charge on any atom is 0.274 e. The Bertz CT molecular complexity index is 40.5. The highest BCUT2D eigenvalue weighted by Gasteiger charge is 2.12. The monoisotopic (exact) mass is 104 g/mol. The first kappa shape index (κ1) is 6.14. The van der Waals surface area contributed by atoms with Crippen LogP contribution in [0.5, 0.6) is 0 Å². The van der Waals surface area contributed by atoms with Crippen LogP contribution in [-0.2, 0) is 4.43 Å². The van der Waals surface area contributed by atoms with E-state index in [2.05, 4.69) is 0 Å². The topological polar surface area (TPSA) is 33.0 Å². The number of rotatable bonds is 1. The lowest BCUT2D eigenvalue weighted by Gasteiger charge is -2.08. The van der Waals surface area contributed by atoms with Gasteiger partial charge in [0.2, 0.25) is 0 Å². The van der Waals surface area contributed by atoms with Crippen molar-refractivity contribution in [2.75, 3.05) is 7.11 Å². The molecule has 0 aliphatic rings. The maximum absolute atomic E-state index is 7.10. The van der Waals surface area contributed by atoms with Gasteiger partial charge in [0, 0.05) is 7.11 Å². The minimum absolute atomic E-state index is 1.58. The third-order valence-corrected chi connectivity index (χ3v) is 1.53. The molecule has 0 aromatic carbocycles. The molecule has 0 heterocycles. The molecular weight excluding hydrogens is 94.1 g/mol. The van der Waals surface area contributed by atoms with Crippen molar-refractivity contribution in [1.29, 1.82) is 0 Å². The van der Waals surface area contributed by atoms with Gasteiger partial charge >= 0.3 is 0 Å². The fourth-order valence-corrected chi connectivity index (χ4v) is 0. The zero-order chi connectivity index (χ0) is 5.21. The van der Waals surface area contributed by atoms with Crippen LogP contribution in [0.1, 0.15) is 0 Å². The summed E-state index contributed by atoms with van der Waals surface area (Å²) >= 11 is 0. The summed E-state index contributed by atoms with van der Waals surface area (Å²) < 4.78 is 4.74. The molecule has 1 N–H and O–H groups in total. The van der Waals surface area contributed by atoms with Gasteiger partial charge < -0.3 is 4.43 Å². The molecule has 0 bridgehead atoms. The number of hydrogen-bond donors (Lipinski definition) is 0. The standard InChI is InChI=1S/C3H10NOSi/c1-5-6(2,3)4/h4H,1-3H3. The van der Waals surface area contributed by atoms with Crippen molar-refractivity contribution in [3.05, 3.63) is 0 Å². The summed E-state index contributed by atoms with van der Waals surface area (Å²) in [5, 5.41) is 7.10. The van der Waals surface area contributed by atoms with Gasteiger partial charge in [-0.15, -0.1) is 0 Å². The smallest absolute Gasteiger partial charge is 0.274 e. The van der Waals surface area contributed by atoms with Crippen LogP contribution >= 0.6 is 0 Å². The average Bonchev–Trinajstić information content (AvgIpc) is 1.35. The molecule has 0 unspecified atom stereocenters. The van der Waals surface area contributed by atoms with Crippen LogP contribution in [0.2, 0.25) is 13.1 Å². The van der Waals surface area contributed by atoms with Gasteiger partial charge in [-0.1, -0.05) is 0 Å². The molecule has 1 radical (unpaired) electrons. The second kappa shape index (κ2) is 1.73. The summed E-state index contributed by atoms with van der Waals surface area (Å²) in [7, 11) is -0.299.